The third kappa shape index (κ3) is 3.97. The van der Waals surface area contributed by atoms with Gasteiger partial charge in [-0.2, -0.15) is 4.73 Å². The van der Waals surface area contributed by atoms with Crippen molar-refractivity contribution in [2.75, 3.05) is 14.2 Å². The van der Waals surface area contributed by atoms with Crippen molar-refractivity contribution in [2.45, 2.75) is 6.54 Å². The number of nitrogens with one attached hydrogen (secondary N) is 1. The Labute approximate surface area is 133 Å². The lowest BCUT2D eigenvalue weighted by molar-refractivity contribution is -0.605. The van der Waals surface area contributed by atoms with Crippen LogP contribution in [0.2, 0.25) is 0 Å². The van der Waals surface area contributed by atoms with Gasteiger partial charge in [0, 0.05) is 18.7 Å². The highest BCUT2D eigenvalue weighted by molar-refractivity contribution is 5.94. The van der Waals surface area contributed by atoms with Crippen LogP contribution in [0.1, 0.15) is 26.3 Å². The molecule has 120 valence electrons. The minimum Gasteiger partial charge on any atom is -0.619 e. The molecule has 0 unspecified atom stereocenters. The Morgan fingerprint density at radius 3 is 2.48 bits per heavy atom. The fourth-order valence-corrected chi connectivity index (χ4v) is 1.98. The standard InChI is InChI=1S/C16H16N2O5/c1-22-14-4-3-11(9-13(14)16(20)23-2)10-17-15(19)12-5-7-18(21)8-6-12/h3-9H,10H2,1-2H3,(H,17,19). The van der Waals surface area contributed by atoms with Crippen LogP contribution in [0.15, 0.2) is 42.7 Å². The summed E-state index contributed by atoms with van der Waals surface area (Å²) in [6, 6.07) is 7.83. The second-order valence-electron chi connectivity index (χ2n) is 4.66. The van der Waals surface area contributed by atoms with E-state index in [1.807, 2.05) is 0 Å². The first kappa shape index (κ1) is 16.3. The molecule has 0 bridgehead atoms. The fourth-order valence-electron chi connectivity index (χ4n) is 1.98. The largest absolute Gasteiger partial charge is 0.619 e. The summed E-state index contributed by atoms with van der Waals surface area (Å²) in [5, 5.41) is 13.7. The number of rotatable bonds is 5. The third-order valence-corrected chi connectivity index (χ3v) is 3.19. The maximum atomic E-state index is 12.0. The summed E-state index contributed by atoms with van der Waals surface area (Å²) in [4.78, 5) is 23.7. The predicted molar refractivity (Wildman–Crippen MR) is 80.9 cm³/mol. The van der Waals surface area contributed by atoms with Crippen molar-refractivity contribution in [3.05, 3.63) is 64.6 Å². The molecule has 7 heteroatoms. The van der Waals surface area contributed by atoms with Gasteiger partial charge in [0.15, 0.2) is 12.4 Å². The van der Waals surface area contributed by atoms with Gasteiger partial charge in [-0.25, -0.2) is 4.79 Å². The number of benzene rings is 1. The normalized spacial score (nSPS) is 10.0. The van der Waals surface area contributed by atoms with E-state index in [0.29, 0.717) is 16.0 Å². The molecule has 1 amide bonds. The summed E-state index contributed by atoms with van der Waals surface area (Å²) in [5.74, 6) is -0.436. The molecule has 0 spiro atoms. The van der Waals surface area contributed by atoms with Crippen molar-refractivity contribution in [3.63, 3.8) is 0 Å². The molecule has 2 aromatic rings. The van der Waals surface area contributed by atoms with E-state index >= 15 is 0 Å². The van der Waals surface area contributed by atoms with Crippen LogP contribution in [0, 0.1) is 5.21 Å². The smallest absolute Gasteiger partial charge is 0.341 e. The lowest BCUT2D eigenvalue weighted by Gasteiger charge is -2.10. The second kappa shape index (κ2) is 7.26. The minimum absolute atomic E-state index is 0.221. The topological polar surface area (TPSA) is 91.6 Å². The molecule has 0 atom stereocenters. The van der Waals surface area contributed by atoms with Gasteiger partial charge in [0.25, 0.3) is 5.91 Å². The number of pyridine rings is 1. The van der Waals surface area contributed by atoms with Crippen molar-refractivity contribution in [1.29, 1.82) is 0 Å². The molecule has 7 nitrogen and oxygen atoms in total. The summed E-state index contributed by atoms with van der Waals surface area (Å²) in [7, 11) is 2.74. The molecular formula is C16H16N2O5. The van der Waals surface area contributed by atoms with Crippen LogP contribution < -0.4 is 14.8 Å². The van der Waals surface area contributed by atoms with Gasteiger partial charge in [-0.05, 0) is 17.7 Å². The number of nitrogens with zero attached hydrogens (tertiary/aromatic N) is 1. The molecule has 0 saturated heterocycles. The molecule has 1 aromatic heterocycles. The van der Waals surface area contributed by atoms with Crippen LogP contribution in [0.25, 0.3) is 0 Å². The molecule has 2 rings (SSSR count). The van der Waals surface area contributed by atoms with Crippen LogP contribution in [-0.2, 0) is 11.3 Å². The highest BCUT2D eigenvalue weighted by atomic mass is 16.5. The molecule has 0 aliphatic rings. The van der Waals surface area contributed by atoms with E-state index in [-0.39, 0.29) is 18.0 Å². The van der Waals surface area contributed by atoms with E-state index in [9.17, 15) is 14.8 Å². The summed E-state index contributed by atoms with van der Waals surface area (Å²) >= 11 is 0. The Morgan fingerprint density at radius 2 is 1.87 bits per heavy atom. The lowest BCUT2D eigenvalue weighted by Crippen LogP contribution is -2.27. The maximum Gasteiger partial charge on any atom is 0.341 e. The molecule has 1 N–H and O–H groups in total. The van der Waals surface area contributed by atoms with Crippen molar-refractivity contribution in [2.24, 2.45) is 0 Å². The Bertz CT molecular complexity index is 713. The van der Waals surface area contributed by atoms with E-state index in [1.165, 1.54) is 38.7 Å². The van der Waals surface area contributed by atoms with E-state index in [2.05, 4.69) is 5.32 Å². The summed E-state index contributed by atoms with van der Waals surface area (Å²) in [5.41, 5.74) is 1.38. The summed E-state index contributed by atoms with van der Waals surface area (Å²) in [6.45, 7) is 0.221. The maximum absolute atomic E-state index is 12.0. The predicted octanol–water partition coefficient (Wildman–Crippen LogP) is 1.05. The van der Waals surface area contributed by atoms with Crippen LogP contribution in [0.3, 0.4) is 0 Å². The summed E-state index contributed by atoms with van der Waals surface area (Å²) < 4.78 is 10.4. The minimum atomic E-state index is -0.516. The van der Waals surface area contributed by atoms with Crippen molar-refractivity contribution in [1.82, 2.24) is 5.32 Å². The van der Waals surface area contributed by atoms with Gasteiger partial charge in [-0.1, -0.05) is 6.07 Å². The number of hydrogen-bond acceptors (Lipinski definition) is 5. The number of aromatic nitrogens is 1. The Balaban J connectivity index is 2.09. The first-order chi connectivity index (χ1) is 11.0. The van der Waals surface area contributed by atoms with E-state index in [4.69, 9.17) is 9.47 Å². The van der Waals surface area contributed by atoms with Crippen LogP contribution in [0.5, 0.6) is 5.75 Å². The molecule has 1 aromatic carbocycles. The SMILES string of the molecule is COC(=O)c1cc(CNC(=O)c2cc[n+]([O-])cc2)ccc1OC. The number of carbonyl (C=O) groups excluding carboxylic acids is 2. The Hall–Kier alpha value is -3.09. The number of esters is 1. The fraction of sp³-hybridized carbons (Fsp3) is 0.188. The van der Waals surface area contributed by atoms with Crippen LogP contribution in [0.4, 0.5) is 0 Å². The zero-order chi connectivity index (χ0) is 16.8. The molecule has 1 heterocycles. The van der Waals surface area contributed by atoms with Crippen molar-refractivity contribution >= 4 is 11.9 Å². The highest BCUT2D eigenvalue weighted by Gasteiger charge is 2.14. The molecule has 0 fully saturated rings. The molecular weight excluding hydrogens is 300 g/mol. The summed E-state index contributed by atoms with van der Waals surface area (Å²) in [6.07, 6.45) is 2.50. The average Bonchev–Trinajstić information content (AvgIpc) is 2.59. The zero-order valence-electron chi connectivity index (χ0n) is 12.7. The number of carbonyl (C=O) groups is 2. The Morgan fingerprint density at radius 1 is 1.17 bits per heavy atom. The van der Waals surface area contributed by atoms with Gasteiger partial charge in [0.05, 0.1) is 19.8 Å². The Kier molecular flexibility index (Phi) is 5.14. The zero-order valence-corrected chi connectivity index (χ0v) is 12.7. The molecule has 0 aliphatic carbocycles. The van der Waals surface area contributed by atoms with Crippen LogP contribution >= 0.6 is 0 Å². The monoisotopic (exact) mass is 316 g/mol. The first-order valence-corrected chi connectivity index (χ1v) is 6.77. The van der Waals surface area contributed by atoms with E-state index in [0.717, 1.165) is 5.56 Å². The number of amides is 1. The van der Waals surface area contributed by atoms with Crippen molar-refractivity contribution < 1.29 is 23.8 Å². The quantitative estimate of drug-likeness (QED) is 0.505. The molecule has 0 saturated carbocycles. The van der Waals surface area contributed by atoms with Gasteiger partial charge < -0.3 is 20.0 Å². The molecule has 0 aliphatic heterocycles. The second-order valence-corrected chi connectivity index (χ2v) is 4.66. The van der Waals surface area contributed by atoms with Crippen LogP contribution in [-0.4, -0.2) is 26.1 Å². The lowest BCUT2D eigenvalue weighted by atomic mass is 10.1. The number of ether oxygens (including phenoxy) is 2. The average molecular weight is 316 g/mol. The third-order valence-electron chi connectivity index (χ3n) is 3.19. The van der Waals surface area contributed by atoms with Crippen molar-refractivity contribution in [3.8, 4) is 5.75 Å². The van der Waals surface area contributed by atoms with Gasteiger partial charge in [0.1, 0.15) is 11.3 Å². The van der Waals surface area contributed by atoms with E-state index in [1.54, 1.807) is 18.2 Å². The highest BCUT2D eigenvalue weighted by Crippen LogP contribution is 2.20. The molecule has 23 heavy (non-hydrogen) atoms. The van der Waals surface area contributed by atoms with Gasteiger partial charge in [-0.15, -0.1) is 0 Å². The van der Waals surface area contributed by atoms with Gasteiger partial charge in [-0.3, -0.25) is 4.79 Å². The number of methoxy groups -OCH3 is 2. The van der Waals surface area contributed by atoms with E-state index < -0.39 is 5.97 Å². The van der Waals surface area contributed by atoms with Gasteiger partial charge >= 0.3 is 5.97 Å². The number of hydrogen-bond donors (Lipinski definition) is 1. The molecule has 0 radical (unpaired) electrons. The first-order valence-electron chi connectivity index (χ1n) is 6.77. The van der Waals surface area contributed by atoms with Gasteiger partial charge in [0.2, 0.25) is 0 Å².